The number of nitrogens with one attached hydrogen (secondary N) is 3. The molecule has 32 heavy (non-hydrogen) atoms. The molecule has 0 unspecified atom stereocenters. The average molecular weight is 472 g/mol. The van der Waals surface area contributed by atoms with Crippen LogP contribution in [0.3, 0.4) is 0 Å². The molecule has 0 atom stereocenters. The van der Waals surface area contributed by atoms with Crippen LogP contribution in [0.1, 0.15) is 11.1 Å². The van der Waals surface area contributed by atoms with E-state index in [1.807, 2.05) is 37.3 Å². The van der Waals surface area contributed by atoms with Crippen LogP contribution >= 0.6 is 23.1 Å². The monoisotopic (exact) mass is 471 g/mol. The first-order chi connectivity index (χ1) is 15.5. The second-order valence-corrected chi connectivity index (χ2v) is 9.05. The number of anilines is 2. The summed E-state index contributed by atoms with van der Waals surface area (Å²) in [6.07, 6.45) is 0.891. The van der Waals surface area contributed by atoms with Gasteiger partial charge in [-0.05, 0) is 36.6 Å². The van der Waals surface area contributed by atoms with Crippen LogP contribution in [-0.2, 0) is 16.0 Å². The second kappa shape index (κ2) is 12.1. The Labute approximate surface area is 195 Å². The fraction of sp³-hybridized carbons (Fsp3) is 0.273. The maximum Gasteiger partial charge on any atom is 0.243 e. The minimum atomic E-state index is -0.326. The van der Waals surface area contributed by atoms with Gasteiger partial charge in [-0.25, -0.2) is 0 Å². The Morgan fingerprint density at radius 1 is 1.09 bits per heavy atom. The van der Waals surface area contributed by atoms with Gasteiger partial charge in [0.25, 0.3) is 0 Å². The average Bonchev–Trinajstić information content (AvgIpc) is 3.25. The first-order valence-corrected chi connectivity index (χ1v) is 11.8. The molecule has 1 heterocycles. The number of nitrogens with zero attached hydrogens (tertiary/aromatic N) is 2. The molecule has 2 aromatic carbocycles. The second-order valence-electron chi connectivity index (χ2n) is 6.85. The van der Waals surface area contributed by atoms with Crippen LogP contribution in [0.4, 0.5) is 10.8 Å². The summed E-state index contributed by atoms with van der Waals surface area (Å²) in [6, 6.07) is 15.7. The Kier molecular flexibility index (Phi) is 8.88. The molecule has 1 aromatic heterocycles. The van der Waals surface area contributed by atoms with Crippen molar-refractivity contribution in [3.8, 4) is 5.75 Å². The highest BCUT2D eigenvalue weighted by Gasteiger charge is 2.11. The van der Waals surface area contributed by atoms with E-state index < -0.39 is 0 Å². The zero-order valence-electron chi connectivity index (χ0n) is 17.9. The summed E-state index contributed by atoms with van der Waals surface area (Å²) in [5, 5.41) is 17.5. The van der Waals surface area contributed by atoms with Gasteiger partial charge in [0.1, 0.15) is 5.75 Å². The molecule has 8 nitrogen and oxygen atoms in total. The van der Waals surface area contributed by atoms with Gasteiger partial charge >= 0.3 is 0 Å². The summed E-state index contributed by atoms with van der Waals surface area (Å²) in [5.74, 6) is 0.137. The first kappa shape index (κ1) is 23.6. The van der Waals surface area contributed by atoms with Crippen LogP contribution in [0.15, 0.2) is 52.9 Å². The highest BCUT2D eigenvalue weighted by atomic mass is 32.2. The maximum atomic E-state index is 12.2. The quantitative estimate of drug-likeness (QED) is 0.368. The summed E-state index contributed by atoms with van der Waals surface area (Å²) in [7, 11) is 1.54. The third kappa shape index (κ3) is 7.54. The number of aromatic nitrogens is 2. The van der Waals surface area contributed by atoms with Gasteiger partial charge in [0.2, 0.25) is 16.9 Å². The number of carbonyl (C=O) groups excluding carboxylic acids is 2. The van der Waals surface area contributed by atoms with E-state index in [2.05, 4.69) is 38.3 Å². The largest absolute Gasteiger partial charge is 0.495 e. The van der Waals surface area contributed by atoms with E-state index in [0.29, 0.717) is 15.8 Å². The number of thioether (sulfide) groups is 1. The Morgan fingerprint density at radius 3 is 2.69 bits per heavy atom. The standard InChI is InChI=1S/C22H25N5O3S2/c1-15-8-9-18(30-2)17(12-15)25-19(28)13-24-20(29)14-31-22-27-26-21(32-22)23-11-10-16-6-4-3-5-7-16/h3-9,12H,10-11,13-14H2,1-2H3,(H,23,26)(H,24,29)(H,25,28). The van der Waals surface area contributed by atoms with Gasteiger partial charge < -0.3 is 20.7 Å². The molecule has 0 fully saturated rings. The number of carbonyl (C=O) groups is 2. The number of hydrogen-bond acceptors (Lipinski definition) is 8. The molecular formula is C22H25N5O3S2. The van der Waals surface area contributed by atoms with Crippen molar-refractivity contribution >= 4 is 45.7 Å². The van der Waals surface area contributed by atoms with Gasteiger partial charge in [-0.1, -0.05) is 59.5 Å². The van der Waals surface area contributed by atoms with Crippen molar-refractivity contribution in [3.05, 3.63) is 59.7 Å². The van der Waals surface area contributed by atoms with Crippen LogP contribution in [0.25, 0.3) is 0 Å². The van der Waals surface area contributed by atoms with Gasteiger partial charge in [0, 0.05) is 6.54 Å². The number of hydrogen-bond donors (Lipinski definition) is 3. The van der Waals surface area contributed by atoms with E-state index in [1.54, 1.807) is 6.07 Å². The zero-order chi connectivity index (χ0) is 22.8. The predicted molar refractivity (Wildman–Crippen MR) is 129 cm³/mol. The summed E-state index contributed by atoms with van der Waals surface area (Å²) >= 11 is 2.68. The third-order valence-electron chi connectivity index (χ3n) is 4.34. The van der Waals surface area contributed by atoms with E-state index in [9.17, 15) is 9.59 Å². The van der Waals surface area contributed by atoms with Crippen LogP contribution in [-0.4, -0.2) is 48.0 Å². The highest BCUT2D eigenvalue weighted by Crippen LogP contribution is 2.26. The van der Waals surface area contributed by atoms with E-state index >= 15 is 0 Å². The SMILES string of the molecule is COc1ccc(C)cc1NC(=O)CNC(=O)CSc1nnc(NCCc2ccccc2)s1. The molecular weight excluding hydrogens is 446 g/mol. The summed E-state index contributed by atoms with van der Waals surface area (Å²) in [4.78, 5) is 24.3. The number of rotatable bonds is 11. The van der Waals surface area contributed by atoms with Crippen molar-refractivity contribution < 1.29 is 14.3 Å². The smallest absolute Gasteiger partial charge is 0.243 e. The molecule has 3 N–H and O–H groups in total. The lowest BCUT2D eigenvalue weighted by atomic mass is 10.2. The summed E-state index contributed by atoms with van der Waals surface area (Å²) < 4.78 is 5.93. The minimum absolute atomic E-state index is 0.126. The molecule has 10 heteroatoms. The summed E-state index contributed by atoms with van der Waals surface area (Å²) in [5.41, 5.74) is 2.82. The van der Waals surface area contributed by atoms with Crippen molar-refractivity contribution in [1.82, 2.24) is 15.5 Å². The lowest BCUT2D eigenvalue weighted by molar-refractivity contribution is -0.122. The van der Waals surface area contributed by atoms with Crippen molar-refractivity contribution in [2.75, 3.05) is 36.6 Å². The lowest BCUT2D eigenvalue weighted by Gasteiger charge is -2.11. The van der Waals surface area contributed by atoms with E-state index in [0.717, 1.165) is 23.7 Å². The molecule has 0 bridgehead atoms. The van der Waals surface area contributed by atoms with E-state index in [4.69, 9.17) is 4.74 Å². The number of amides is 2. The Balaban J connectivity index is 1.36. The molecule has 0 saturated heterocycles. The van der Waals surface area contributed by atoms with Crippen LogP contribution in [0, 0.1) is 6.92 Å². The van der Waals surface area contributed by atoms with Gasteiger partial charge in [0.15, 0.2) is 4.34 Å². The van der Waals surface area contributed by atoms with Crippen molar-refractivity contribution in [1.29, 1.82) is 0 Å². The van der Waals surface area contributed by atoms with E-state index in [-0.39, 0.29) is 24.1 Å². The number of benzene rings is 2. The van der Waals surface area contributed by atoms with Gasteiger partial charge in [0.05, 0.1) is 25.1 Å². The zero-order valence-corrected chi connectivity index (χ0v) is 19.5. The molecule has 0 aliphatic rings. The van der Waals surface area contributed by atoms with Gasteiger partial charge in [-0.3, -0.25) is 9.59 Å². The topological polar surface area (TPSA) is 105 Å². The third-order valence-corrected chi connectivity index (χ3v) is 6.36. The molecule has 0 aliphatic heterocycles. The predicted octanol–water partition coefficient (Wildman–Crippen LogP) is 3.36. The van der Waals surface area contributed by atoms with E-state index in [1.165, 1.54) is 35.8 Å². The van der Waals surface area contributed by atoms with Crippen LogP contribution in [0.2, 0.25) is 0 Å². The van der Waals surface area contributed by atoms with Crippen LogP contribution in [0.5, 0.6) is 5.75 Å². The molecule has 0 radical (unpaired) electrons. The fourth-order valence-electron chi connectivity index (χ4n) is 2.77. The van der Waals surface area contributed by atoms with Crippen LogP contribution < -0.4 is 20.7 Å². The lowest BCUT2D eigenvalue weighted by Crippen LogP contribution is -2.34. The highest BCUT2D eigenvalue weighted by molar-refractivity contribution is 8.01. The Hall–Kier alpha value is -3.11. The Morgan fingerprint density at radius 2 is 1.91 bits per heavy atom. The molecule has 0 saturated carbocycles. The number of aryl methyl sites for hydroxylation is 1. The number of ether oxygens (including phenoxy) is 1. The van der Waals surface area contributed by atoms with Crippen molar-refractivity contribution in [2.45, 2.75) is 17.7 Å². The molecule has 0 spiro atoms. The molecule has 2 amide bonds. The molecule has 3 aromatic rings. The molecule has 168 valence electrons. The minimum Gasteiger partial charge on any atom is -0.495 e. The molecule has 3 rings (SSSR count). The fourth-order valence-corrected chi connectivity index (χ4v) is 4.38. The number of methoxy groups -OCH3 is 1. The van der Waals surface area contributed by atoms with Crippen molar-refractivity contribution in [3.63, 3.8) is 0 Å². The normalized spacial score (nSPS) is 10.4. The maximum absolute atomic E-state index is 12.2. The molecule has 0 aliphatic carbocycles. The Bertz CT molecular complexity index is 1040. The summed E-state index contributed by atoms with van der Waals surface area (Å²) in [6.45, 7) is 2.55. The van der Waals surface area contributed by atoms with Crippen molar-refractivity contribution in [2.24, 2.45) is 0 Å². The van der Waals surface area contributed by atoms with Gasteiger partial charge in [-0.15, -0.1) is 10.2 Å². The first-order valence-electron chi connectivity index (χ1n) is 9.99. The van der Waals surface area contributed by atoms with Gasteiger partial charge in [-0.2, -0.15) is 0 Å².